The van der Waals surface area contributed by atoms with E-state index in [0.29, 0.717) is 18.4 Å². The smallest absolute Gasteiger partial charge is 0.323 e. The second-order valence-electron chi connectivity index (χ2n) is 4.85. The molecule has 18 heavy (non-hydrogen) atoms. The molecule has 2 atom stereocenters. The van der Waals surface area contributed by atoms with Crippen LogP contribution in [0.1, 0.15) is 13.3 Å². The van der Waals surface area contributed by atoms with E-state index >= 15 is 0 Å². The van der Waals surface area contributed by atoms with Crippen molar-refractivity contribution < 1.29 is 19.5 Å². The van der Waals surface area contributed by atoms with E-state index < -0.39 is 24.5 Å². The molecule has 0 aromatic carbocycles. The molecule has 0 aromatic rings. The summed E-state index contributed by atoms with van der Waals surface area (Å²) in [5, 5.41) is 8.70. The first kappa shape index (κ1) is 14.3. The number of hydrogen-bond acceptors (Lipinski definition) is 3. The molecule has 1 fully saturated rings. The standard InChI is InChI=1S/C11H19N3O4/c1-7-3-8(7)4-13(2)11(18)14(5-9(12)15)6-10(16)17/h7-8H,3-6H2,1-2H3,(H2,12,15)(H,16,17). The van der Waals surface area contributed by atoms with Gasteiger partial charge in [0.25, 0.3) is 0 Å². The van der Waals surface area contributed by atoms with Crippen molar-refractivity contribution in [1.29, 1.82) is 0 Å². The Morgan fingerprint density at radius 1 is 1.33 bits per heavy atom. The van der Waals surface area contributed by atoms with Gasteiger partial charge in [-0.25, -0.2) is 4.79 Å². The molecule has 0 spiro atoms. The number of hydrogen-bond donors (Lipinski definition) is 2. The quantitative estimate of drug-likeness (QED) is 0.673. The monoisotopic (exact) mass is 257 g/mol. The minimum Gasteiger partial charge on any atom is -0.480 e. The van der Waals surface area contributed by atoms with Crippen LogP contribution in [0.15, 0.2) is 0 Å². The number of urea groups is 1. The van der Waals surface area contributed by atoms with E-state index in [9.17, 15) is 14.4 Å². The maximum atomic E-state index is 12.0. The van der Waals surface area contributed by atoms with Gasteiger partial charge in [-0.3, -0.25) is 9.59 Å². The average molecular weight is 257 g/mol. The van der Waals surface area contributed by atoms with Crippen molar-refractivity contribution in [2.24, 2.45) is 17.6 Å². The molecule has 7 heteroatoms. The maximum absolute atomic E-state index is 12.0. The number of carboxylic acid groups (broad SMARTS) is 1. The van der Waals surface area contributed by atoms with E-state index in [1.807, 2.05) is 0 Å². The zero-order valence-corrected chi connectivity index (χ0v) is 10.6. The zero-order valence-electron chi connectivity index (χ0n) is 10.6. The van der Waals surface area contributed by atoms with Crippen molar-refractivity contribution in [3.8, 4) is 0 Å². The van der Waals surface area contributed by atoms with Crippen LogP contribution in [-0.2, 0) is 9.59 Å². The Balaban J connectivity index is 2.56. The van der Waals surface area contributed by atoms with Gasteiger partial charge in [-0.2, -0.15) is 0 Å². The molecule has 1 aliphatic carbocycles. The summed E-state index contributed by atoms with van der Waals surface area (Å²) in [6.07, 6.45) is 1.08. The van der Waals surface area contributed by atoms with E-state index in [1.54, 1.807) is 7.05 Å². The Hall–Kier alpha value is -1.79. The summed E-state index contributed by atoms with van der Waals surface area (Å²) in [5.41, 5.74) is 5.00. The summed E-state index contributed by atoms with van der Waals surface area (Å²) in [5.74, 6) is -0.820. The third-order valence-corrected chi connectivity index (χ3v) is 3.05. The number of primary amides is 1. The van der Waals surface area contributed by atoms with Crippen LogP contribution in [0.2, 0.25) is 0 Å². The molecular formula is C11H19N3O4. The Labute approximate surface area is 106 Å². The van der Waals surface area contributed by atoms with Crippen LogP contribution in [0.3, 0.4) is 0 Å². The van der Waals surface area contributed by atoms with Gasteiger partial charge in [-0.15, -0.1) is 0 Å². The number of amides is 3. The maximum Gasteiger partial charge on any atom is 0.323 e. The number of nitrogens with zero attached hydrogens (tertiary/aromatic N) is 2. The second kappa shape index (κ2) is 5.70. The highest BCUT2D eigenvalue weighted by molar-refractivity contribution is 5.85. The Bertz CT molecular complexity index is 342. The number of carbonyl (C=O) groups excluding carboxylic acids is 2. The number of aliphatic carboxylic acids is 1. The lowest BCUT2D eigenvalue weighted by Gasteiger charge is -2.26. The SMILES string of the molecule is CC1CC1CN(C)C(=O)N(CC(N)=O)CC(=O)O. The van der Waals surface area contributed by atoms with Gasteiger partial charge in [0.15, 0.2) is 0 Å². The van der Waals surface area contributed by atoms with Crippen LogP contribution in [0.5, 0.6) is 0 Å². The summed E-state index contributed by atoms with van der Waals surface area (Å²) >= 11 is 0. The summed E-state index contributed by atoms with van der Waals surface area (Å²) in [6, 6.07) is -0.477. The fraction of sp³-hybridized carbons (Fsp3) is 0.727. The van der Waals surface area contributed by atoms with Gasteiger partial charge >= 0.3 is 12.0 Å². The summed E-state index contributed by atoms with van der Waals surface area (Å²) in [7, 11) is 1.60. The minimum atomic E-state index is -1.17. The number of carbonyl (C=O) groups is 3. The Morgan fingerprint density at radius 2 is 1.89 bits per heavy atom. The van der Waals surface area contributed by atoms with E-state index in [4.69, 9.17) is 10.8 Å². The van der Waals surface area contributed by atoms with E-state index in [0.717, 1.165) is 11.3 Å². The highest BCUT2D eigenvalue weighted by Crippen LogP contribution is 2.38. The molecule has 0 saturated heterocycles. The molecule has 1 saturated carbocycles. The Morgan fingerprint density at radius 3 is 2.28 bits per heavy atom. The van der Waals surface area contributed by atoms with Crippen LogP contribution in [0.25, 0.3) is 0 Å². The largest absolute Gasteiger partial charge is 0.480 e. The van der Waals surface area contributed by atoms with E-state index in [1.165, 1.54) is 4.90 Å². The Kier molecular flexibility index (Phi) is 4.52. The van der Waals surface area contributed by atoms with Gasteiger partial charge in [-0.1, -0.05) is 6.92 Å². The van der Waals surface area contributed by atoms with Crippen molar-refractivity contribution in [3.05, 3.63) is 0 Å². The molecule has 0 aliphatic heterocycles. The van der Waals surface area contributed by atoms with Crippen molar-refractivity contribution in [2.75, 3.05) is 26.7 Å². The minimum absolute atomic E-state index is 0.379. The molecule has 0 radical (unpaired) electrons. The van der Waals surface area contributed by atoms with Gasteiger partial charge in [0, 0.05) is 13.6 Å². The summed E-state index contributed by atoms with van der Waals surface area (Å²) in [4.78, 5) is 35.8. The fourth-order valence-corrected chi connectivity index (χ4v) is 1.87. The average Bonchev–Trinajstić information content (AvgIpc) is 2.90. The zero-order chi connectivity index (χ0) is 13.9. The molecule has 3 N–H and O–H groups in total. The van der Waals surface area contributed by atoms with Crippen LogP contribution >= 0.6 is 0 Å². The molecule has 1 rings (SSSR count). The van der Waals surface area contributed by atoms with Gasteiger partial charge in [0.1, 0.15) is 13.1 Å². The van der Waals surface area contributed by atoms with Crippen LogP contribution in [0.4, 0.5) is 4.79 Å². The molecule has 0 heterocycles. The molecule has 2 unspecified atom stereocenters. The topological polar surface area (TPSA) is 104 Å². The summed E-state index contributed by atoms with van der Waals surface area (Å²) < 4.78 is 0. The fourth-order valence-electron chi connectivity index (χ4n) is 1.87. The predicted octanol–water partition coefficient (Wildman–Crippen LogP) is -0.434. The second-order valence-corrected chi connectivity index (χ2v) is 4.85. The molecular weight excluding hydrogens is 238 g/mol. The van der Waals surface area contributed by atoms with Gasteiger partial charge in [0.05, 0.1) is 0 Å². The highest BCUT2D eigenvalue weighted by atomic mass is 16.4. The third-order valence-electron chi connectivity index (χ3n) is 3.05. The van der Waals surface area contributed by atoms with Crippen LogP contribution < -0.4 is 5.73 Å². The lowest BCUT2D eigenvalue weighted by atomic mass is 10.3. The lowest BCUT2D eigenvalue weighted by Crippen LogP contribution is -2.47. The van der Waals surface area contributed by atoms with Crippen LogP contribution in [-0.4, -0.2) is 59.5 Å². The van der Waals surface area contributed by atoms with Gasteiger partial charge in [0.2, 0.25) is 5.91 Å². The molecule has 0 bridgehead atoms. The first-order valence-corrected chi connectivity index (χ1v) is 5.81. The van der Waals surface area contributed by atoms with E-state index in [-0.39, 0.29) is 6.54 Å². The molecule has 1 aliphatic rings. The van der Waals surface area contributed by atoms with Crippen molar-refractivity contribution in [3.63, 3.8) is 0 Å². The molecule has 102 valence electrons. The van der Waals surface area contributed by atoms with Gasteiger partial charge < -0.3 is 20.6 Å². The first-order valence-electron chi connectivity index (χ1n) is 5.81. The van der Waals surface area contributed by atoms with Crippen molar-refractivity contribution in [2.45, 2.75) is 13.3 Å². The molecule has 7 nitrogen and oxygen atoms in total. The third kappa shape index (κ3) is 4.23. The van der Waals surface area contributed by atoms with Crippen molar-refractivity contribution in [1.82, 2.24) is 9.80 Å². The first-order chi connectivity index (χ1) is 8.31. The summed E-state index contributed by atoms with van der Waals surface area (Å²) in [6.45, 7) is 1.78. The highest BCUT2D eigenvalue weighted by Gasteiger charge is 2.35. The van der Waals surface area contributed by atoms with Crippen molar-refractivity contribution >= 4 is 17.9 Å². The van der Waals surface area contributed by atoms with Gasteiger partial charge in [-0.05, 0) is 18.3 Å². The predicted molar refractivity (Wildman–Crippen MR) is 63.7 cm³/mol. The number of carboxylic acids is 1. The number of nitrogens with two attached hydrogens (primary N) is 1. The normalized spacial score (nSPS) is 21.2. The molecule has 0 aromatic heterocycles. The molecule has 3 amide bonds. The van der Waals surface area contributed by atoms with E-state index in [2.05, 4.69) is 6.92 Å². The van der Waals surface area contributed by atoms with Crippen LogP contribution in [0, 0.1) is 11.8 Å². The lowest BCUT2D eigenvalue weighted by molar-refractivity contribution is -0.138. The number of rotatable bonds is 6.